The maximum absolute atomic E-state index is 15.1. The number of rotatable bonds is 4. The number of halogens is 1. The number of aromatic nitrogens is 2. The van der Waals surface area contributed by atoms with Crippen molar-refractivity contribution in [2.45, 2.75) is 70.4 Å². The summed E-state index contributed by atoms with van der Waals surface area (Å²) < 4.78 is 27.7. The third kappa shape index (κ3) is 3.40. The zero-order valence-corrected chi connectivity index (χ0v) is 22.0. The molecule has 3 aromatic rings. The summed E-state index contributed by atoms with van der Waals surface area (Å²) in [6.07, 6.45) is 0.813. The van der Waals surface area contributed by atoms with Gasteiger partial charge in [0.1, 0.15) is 24.3 Å². The Morgan fingerprint density at radius 2 is 2.02 bits per heavy atom. The number of hydrogen-bond acceptors (Lipinski definition) is 8. The number of carbonyl (C=O) groups excluding carboxylic acids is 2. The number of aliphatic hydroxyl groups is 2. The van der Waals surface area contributed by atoms with Crippen LogP contribution in [0.3, 0.4) is 0 Å². The van der Waals surface area contributed by atoms with E-state index in [1.165, 1.54) is 10.6 Å². The summed E-state index contributed by atoms with van der Waals surface area (Å²) in [5.41, 5.74) is 0.679. The summed E-state index contributed by atoms with van der Waals surface area (Å²) >= 11 is 0. The molecule has 3 N–H and O–H groups in total. The number of amides is 1. The molecule has 4 aliphatic rings. The van der Waals surface area contributed by atoms with Gasteiger partial charge >= 0.3 is 5.97 Å². The van der Waals surface area contributed by atoms with Crippen molar-refractivity contribution in [2.75, 3.05) is 6.61 Å². The average molecular weight is 550 g/mol. The van der Waals surface area contributed by atoms with Crippen LogP contribution in [0.1, 0.15) is 66.5 Å². The van der Waals surface area contributed by atoms with Crippen LogP contribution in [0.2, 0.25) is 0 Å². The molecular weight excluding hydrogens is 521 g/mol. The lowest BCUT2D eigenvalue weighted by molar-refractivity contribution is -0.172. The molecule has 1 amide bonds. The van der Waals surface area contributed by atoms with Crippen LogP contribution in [0.25, 0.3) is 22.3 Å². The standard InChI is InChI=1S/C29H28FN3O7/c1-3-29(38)16-8-20-23-14(10-33(20)27(36)15(16)11-40-28(29)37)21-18(32-26(35)24(34)13-4-5-13)6-7-39-25-12(2)17(30)9-19(31-23)22(21)25/h8-9,13,18,24,34,38H,3-7,10-11H2,1-2H3,(H,32,35)/t18-,24?,29-/m0/s1. The number of benzene rings is 1. The van der Waals surface area contributed by atoms with Gasteiger partial charge in [-0.15, -0.1) is 0 Å². The predicted octanol–water partition coefficient (Wildman–Crippen LogP) is 2.24. The summed E-state index contributed by atoms with van der Waals surface area (Å²) in [5, 5.41) is 25.2. The first-order valence-electron chi connectivity index (χ1n) is 13.6. The Hall–Kier alpha value is -3.83. The van der Waals surface area contributed by atoms with Crippen LogP contribution >= 0.6 is 0 Å². The first-order chi connectivity index (χ1) is 19.1. The Labute approximate surface area is 227 Å². The number of cyclic esters (lactones) is 1. The number of esters is 1. The van der Waals surface area contributed by atoms with Crippen molar-refractivity contribution in [3.63, 3.8) is 0 Å². The van der Waals surface area contributed by atoms with Crippen molar-refractivity contribution in [2.24, 2.45) is 5.92 Å². The first kappa shape index (κ1) is 25.2. The molecule has 2 aromatic heterocycles. The van der Waals surface area contributed by atoms with Gasteiger partial charge in [-0.25, -0.2) is 14.2 Å². The second kappa shape index (κ2) is 8.58. The Kier molecular flexibility index (Phi) is 5.40. The molecule has 3 atom stereocenters. The van der Waals surface area contributed by atoms with Crippen LogP contribution in [0.4, 0.5) is 4.39 Å². The van der Waals surface area contributed by atoms with E-state index in [2.05, 4.69) is 5.32 Å². The molecule has 11 heteroatoms. The Morgan fingerprint density at radius 1 is 1.25 bits per heavy atom. The molecule has 7 rings (SSSR count). The van der Waals surface area contributed by atoms with Gasteiger partial charge in [0, 0.05) is 34.6 Å². The molecule has 1 fully saturated rings. The van der Waals surface area contributed by atoms with Gasteiger partial charge in [-0.05, 0) is 43.7 Å². The van der Waals surface area contributed by atoms with E-state index < -0.39 is 41.0 Å². The van der Waals surface area contributed by atoms with Crippen molar-refractivity contribution in [3.8, 4) is 17.1 Å². The van der Waals surface area contributed by atoms with E-state index in [-0.39, 0.29) is 43.2 Å². The fraction of sp³-hybridized carbons (Fsp3) is 0.448. The van der Waals surface area contributed by atoms with Crippen LogP contribution in [-0.2, 0) is 33.1 Å². The number of nitrogens with one attached hydrogen (secondary N) is 1. The van der Waals surface area contributed by atoms with Gasteiger partial charge in [0.25, 0.3) is 5.56 Å². The number of pyridine rings is 2. The number of hydrogen-bond donors (Lipinski definition) is 3. The Bertz CT molecular complexity index is 1710. The summed E-state index contributed by atoms with van der Waals surface area (Å²) in [7, 11) is 0. The molecule has 5 heterocycles. The van der Waals surface area contributed by atoms with Gasteiger partial charge in [0.05, 0.1) is 41.7 Å². The number of ether oxygens (including phenoxy) is 2. The second-order valence-corrected chi connectivity index (χ2v) is 11.1. The molecule has 1 aromatic carbocycles. The van der Waals surface area contributed by atoms with E-state index in [4.69, 9.17) is 14.5 Å². The van der Waals surface area contributed by atoms with Gasteiger partial charge < -0.3 is 29.6 Å². The minimum atomic E-state index is -1.98. The lowest BCUT2D eigenvalue weighted by Crippen LogP contribution is -2.44. The third-order valence-electron chi connectivity index (χ3n) is 8.81. The summed E-state index contributed by atoms with van der Waals surface area (Å²) in [5.74, 6) is -1.54. The largest absolute Gasteiger partial charge is 0.492 e. The Morgan fingerprint density at radius 3 is 2.75 bits per heavy atom. The maximum Gasteiger partial charge on any atom is 0.343 e. The number of carbonyl (C=O) groups is 2. The number of aliphatic hydroxyl groups excluding tert-OH is 1. The summed E-state index contributed by atoms with van der Waals surface area (Å²) in [6.45, 7) is 3.30. The van der Waals surface area contributed by atoms with Crippen molar-refractivity contribution in [3.05, 3.63) is 56.1 Å². The van der Waals surface area contributed by atoms with Crippen molar-refractivity contribution in [1.82, 2.24) is 14.9 Å². The summed E-state index contributed by atoms with van der Waals surface area (Å²) in [6, 6.07) is 2.31. The van der Waals surface area contributed by atoms with Crippen LogP contribution < -0.4 is 15.6 Å². The van der Waals surface area contributed by atoms with E-state index in [0.29, 0.717) is 51.2 Å². The molecule has 1 saturated carbocycles. The normalized spacial score (nSPS) is 23.4. The topological polar surface area (TPSA) is 140 Å². The average Bonchev–Trinajstić information content (AvgIpc) is 3.74. The van der Waals surface area contributed by atoms with Crippen molar-refractivity contribution in [1.29, 1.82) is 0 Å². The van der Waals surface area contributed by atoms with E-state index in [0.717, 1.165) is 12.8 Å². The first-order valence-corrected chi connectivity index (χ1v) is 13.6. The van der Waals surface area contributed by atoms with Crippen molar-refractivity contribution >= 4 is 22.8 Å². The zero-order chi connectivity index (χ0) is 28.1. The van der Waals surface area contributed by atoms with E-state index in [1.807, 2.05) is 0 Å². The zero-order valence-electron chi connectivity index (χ0n) is 22.0. The third-order valence-corrected chi connectivity index (χ3v) is 8.81. The highest BCUT2D eigenvalue weighted by Gasteiger charge is 2.46. The molecule has 40 heavy (non-hydrogen) atoms. The molecule has 1 aliphatic carbocycles. The highest BCUT2D eigenvalue weighted by molar-refractivity contribution is 5.95. The van der Waals surface area contributed by atoms with Gasteiger partial charge in [0.15, 0.2) is 5.60 Å². The van der Waals surface area contributed by atoms with Gasteiger partial charge in [0.2, 0.25) is 5.91 Å². The molecule has 208 valence electrons. The molecule has 0 saturated heterocycles. The van der Waals surface area contributed by atoms with Crippen LogP contribution in [0, 0.1) is 18.7 Å². The SMILES string of the molecule is CC[C@@]1(O)C(=O)OCc2c1cc1n(c2=O)Cc2c-1nc1cc(F)c(C)c3c1c2[C@@H](NC(=O)C(O)C1CC1)CCO3. The smallest absolute Gasteiger partial charge is 0.343 e. The molecule has 0 radical (unpaired) electrons. The quantitative estimate of drug-likeness (QED) is 0.330. The number of nitrogens with zero attached hydrogens (tertiary/aromatic N) is 2. The van der Waals surface area contributed by atoms with Crippen LogP contribution in [0.15, 0.2) is 16.9 Å². The number of fused-ring (bicyclic) bond motifs is 5. The summed E-state index contributed by atoms with van der Waals surface area (Å²) in [4.78, 5) is 44.1. The molecule has 0 spiro atoms. The second-order valence-electron chi connectivity index (χ2n) is 11.1. The van der Waals surface area contributed by atoms with E-state index >= 15 is 4.39 Å². The molecule has 10 nitrogen and oxygen atoms in total. The fourth-order valence-electron chi connectivity index (χ4n) is 6.33. The van der Waals surface area contributed by atoms with E-state index in [9.17, 15) is 24.6 Å². The van der Waals surface area contributed by atoms with Gasteiger partial charge in [-0.1, -0.05) is 6.92 Å². The maximum atomic E-state index is 15.1. The van der Waals surface area contributed by atoms with Gasteiger partial charge in [-0.2, -0.15) is 0 Å². The highest BCUT2D eigenvalue weighted by Crippen LogP contribution is 2.46. The minimum Gasteiger partial charge on any atom is -0.492 e. The lowest BCUT2D eigenvalue weighted by Gasteiger charge is -2.31. The van der Waals surface area contributed by atoms with Crippen LogP contribution in [-0.4, -0.2) is 44.4 Å². The molecule has 1 unspecified atom stereocenters. The fourth-order valence-corrected chi connectivity index (χ4v) is 6.33. The molecule has 3 aliphatic heterocycles. The Balaban J connectivity index is 1.47. The van der Waals surface area contributed by atoms with Gasteiger partial charge in [-0.3, -0.25) is 9.59 Å². The monoisotopic (exact) mass is 549 g/mol. The highest BCUT2D eigenvalue weighted by atomic mass is 19.1. The van der Waals surface area contributed by atoms with Crippen molar-refractivity contribution < 1.29 is 33.7 Å². The predicted molar refractivity (Wildman–Crippen MR) is 139 cm³/mol. The molecule has 0 bridgehead atoms. The minimum absolute atomic E-state index is 0.00754. The van der Waals surface area contributed by atoms with Crippen LogP contribution in [0.5, 0.6) is 5.75 Å². The molecular formula is C29H28FN3O7. The van der Waals surface area contributed by atoms with E-state index in [1.54, 1.807) is 19.9 Å². The lowest BCUT2D eigenvalue weighted by atomic mass is 9.86.